The molecule has 2 heterocycles. The number of thioether (sulfide) groups is 1. The van der Waals surface area contributed by atoms with Crippen molar-refractivity contribution in [1.82, 2.24) is 4.90 Å². The molecule has 0 bridgehead atoms. The largest absolute Gasteiger partial charge is 0.329 e. The van der Waals surface area contributed by atoms with E-state index in [0.717, 1.165) is 32.2 Å². The van der Waals surface area contributed by atoms with Crippen LogP contribution in [0.25, 0.3) is 0 Å². The Morgan fingerprint density at radius 1 is 1.38 bits per heavy atom. The van der Waals surface area contributed by atoms with Crippen molar-refractivity contribution in [1.29, 1.82) is 0 Å². The number of carbonyl (C=O) groups excluding carboxylic acids is 1. The fourth-order valence-electron chi connectivity index (χ4n) is 2.03. The molecule has 0 saturated carbocycles. The Hall–Kier alpha value is -0.220. The van der Waals surface area contributed by atoms with Crippen molar-refractivity contribution in [3.63, 3.8) is 0 Å². The lowest BCUT2D eigenvalue weighted by atomic mass is 10.1. The highest BCUT2D eigenvalue weighted by Gasteiger charge is 2.32. The van der Waals surface area contributed by atoms with E-state index in [4.69, 9.17) is 5.73 Å². The van der Waals surface area contributed by atoms with Crippen LogP contribution in [-0.2, 0) is 4.79 Å². The van der Waals surface area contributed by atoms with Crippen molar-refractivity contribution in [2.75, 3.05) is 12.3 Å². The average Bonchev–Trinajstić information content (AvgIpc) is 2.29. The third-order valence-electron chi connectivity index (χ3n) is 2.77. The highest BCUT2D eigenvalue weighted by atomic mass is 32.2. The van der Waals surface area contributed by atoms with Crippen LogP contribution >= 0.6 is 11.8 Å². The second-order valence-electron chi connectivity index (χ2n) is 3.75. The third-order valence-corrected chi connectivity index (χ3v) is 4.17. The normalized spacial score (nSPS) is 35.5. The summed E-state index contributed by atoms with van der Waals surface area (Å²) < 4.78 is 0. The molecular weight excluding hydrogens is 184 g/mol. The van der Waals surface area contributed by atoms with Crippen molar-refractivity contribution in [2.45, 2.75) is 37.1 Å². The number of carbonyl (C=O) groups is 1. The topological polar surface area (TPSA) is 46.3 Å². The Morgan fingerprint density at radius 3 is 3.08 bits per heavy atom. The van der Waals surface area contributed by atoms with Crippen molar-refractivity contribution >= 4 is 17.7 Å². The van der Waals surface area contributed by atoms with Crippen molar-refractivity contribution in [3.8, 4) is 0 Å². The molecule has 0 spiro atoms. The SMILES string of the molecule is NC1CCCC2SCCCN2C1=O. The molecule has 2 unspecified atom stereocenters. The van der Waals surface area contributed by atoms with Gasteiger partial charge in [0, 0.05) is 6.54 Å². The van der Waals surface area contributed by atoms with Crippen LogP contribution in [0.3, 0.4) is 0 Å². The Morgan fingerprint density at radius 2 is 2.23 bits per heavy atom. The van der Waals surface area contributed by atoms with Gasteiger partial charge in [0.15, 0.2) is 0 Å². The zero-order valence-electron chi connectivity index (χ0n) is 7.74. The number of hydrogen-bond acceptors (Lipinski definition) is 3. The van der Waals surface area contributed by atoms with Gasteiger partial charge in [-0.1, -0.05) is 0 Å². The predicted octanol–water partition coefficient (Wildman–Crippen LogP) is 0.789. The molecule has 2 aliphatic heterocycles. The summed E-state index contributed by atoms with van der Waals surface area (Å²) in [6.07, 6.45) is 4.22. The molecular formula is C9H16N2OS. The van der Waals surface area contributed by atoms with Crippen molar-refractivity contribution < 1.29 is 4.79 Å². The fourth-order valence-corrected chi connectivity index (χ4v) is 3.32. The minimum absolute atomic E-state index is 0.176. The molecule has 1 amide bonds. The second kappa shape index (κ2) is 3.88. The molecule has 0 aliphatic carbocycles. The van der Waals surface area contributed by atoms with E-state index in [-0.39, 0.29) is 11.9 Å². The van der Waals surface area contributed by atoms with E-state index in [1.54, 1.807) is 0 Å². The van der Waals surface area contributed by atoms with Crippen LogP contribution in [0.4, 0.5) is 0 Å². The van der Waals surface area contributed by atoms with Crippen molar-refractivity contribution in [3.05, 3.63) is 0 Å². The van der Waals surface area contributed by atoms with Gasteiger partial charge < -0.3 is 10.6 Å². The average molecular weight is 200 g/mol. The van der Waals surface area contributed by atoms with Gasteiger partial charge in [-0.3, -0.25) is 4.79 Å². The maximum atomic E-state index is 11.8. The molecule has 2 saturated heterocycles. The maximum absolute atomic E-state index is 11.8. The zero-order valence-corrected chi connectivity index (χ0v) is 8.55. The van der Waals surface area contributed by atoms with Crippen LogP contribution in [0.5, 0.6) is 0 Å². The first-order chi connectivity index (χ1) is 6.29. The standard InChI is InChI=1S/C9H16N2OS/c10-7-3-1-4-8-11(9(7)12)5-2-6-13-8/h7-8H,1-6,10H2. The van der Waals surface area contributed by atoms with Crippen LogP contribution in [-0.4, -0.2) is 34.5 Å². The Bertz CT molecular complexity index is 210. The molecule has 0 radical (unpaired) electrons. The van der Waals surface area contributed by atoms with E-state index >= 15 is 0 Å². The smallest absolute Gasteiger partial charge is 0.240 e. The number of nitrogens with two attached hydrogens (primary N) is 1. The van der Waals surface area contributed by atoms with Crippen LogP contribution in [0, 0.1) is 0 Å². The zero-order chi connectivity index (χ0) is 9.26. The van der Waals surface area contributed by atoms with E-state index in [2.05, 4.69) is 0 Å². The molecule has 0 aromatic carbocycles. The Balaban J connectivity index is 2.11. The molecule has 74 valence electrons. The first-order valence-electron chi connectivity index (χ1n) is 4.97. The summed E-state index contributed by atoms with van der Waals surface area (Å²) >= 11 is 1.92. The lowest BCUT2D eigenvalue weighted by Crippen LogP contribution is -2.47. The molecule has 0 aromatic rings. The molecule has 13 heavy (non-hydrogen) atoms. The van der Waals surface area contributed by atoms with E-state index in [1.165, 1.54) is 5.75 Å². The van der Waals surface area contributed by atoms with Crippen molar-refractivity contribution in [2.24, 2.45) is 5.73 Å². The van der Waals surface area contributed by atoms with Gasteiger partial charge in [0.2, 0.25) is 5.91 Å². The van der Waals surface area contributed by atoms with Gasteiger partial charge in [-0.25, -0.2) is 0 Å². The summed E-state index contributed by atoms with van der Waals surface area (Å²) in [6.45, 7) is 0.921. The van der Waals surface area contributed by atoms with Gasteiger partial charge in [-0.05, 0) is 31.4 Å². The quantitative estimate of drug-likeness (QED) is 0.629. The Labute approximate surface area is 83.0 Å². The molecule has 4 heteroatoms. The summed E-state index contributed by atoms with van der Waals surface area (Å²) in [5.41, 5.74) is 5.78. The highest BCUT2D eigenvalue weighted by Crippen LogP contribution is 2.30. The first kappa shape index (κ1) is 9.34. The summed E-state index contributed by atoms with van der Waals surface area (Å²) in [5, 5.41) is 0.426. The number of amides is 1. The van der Waals surface area contributed by atoms with E-state index in [1.807, 2.05) is 16.7 Å². The van der Waals surface area contributed by atoms with Crippen LogP contribution in [0.1, 0.15) is 25.7 Å². The maximum Gasteiger partial charge on any atom is 0.240 e. The molecule has 2 atom stereocenters. The monoisotopic (exact) mass is 200 g/mol. The Kier molecular flexibility index (Phi) is 2.79. The van der Waals surface area contributed by atoms with E-state index < -0.39 is 0 Å². The predicted molar refractivity (Wildman–Crippen MR) is 54.4 cm³/mol. The molecule has 2 aliphatic rings. The second-order valence-corrected chi connectivity index (χ2v) is 5.03. The molecule has 2 N–H and O–H groups in total. The van der Waals surface area contributed by atoms with Crippen LogP contribution < -0.4 is 5.73 Å². The minimum Gasteiger partial charge on any atom is -0.329 e. The van der Waals surface area contributed by atoms with E-state index in [9.17, 15) is 4.79 Å². The molecule has 2 rings (SSSR count). The number of fused-ring (bicyclic) bond motifs is 1. The lowest BCUT2D eigenvalue weighted by molar-refractivity contribution is -0.132. The minimum atomic E-state index is -0.233. The molecule has 3 nitrogen and oxygen atoms in total. The number of rotatable bonds is 0. The number of hydrogen-bond donors (Lipinski definition) is 1. The summed E-state index contributed by atoms with van der Waals surface area (Å²) in [5.74, 6) is 1.37. The number of nitrogens with zero attached hydrogens (tertiary/aromatic N) is 1. The van der Waals surface area contributed by atoms with E-state index in [0.29, 0.717) is 5.37 Å². The van der Waals surface area contributed by atoms with Crippen LogP contribution in [0.2, 0.25) is 0 Å². The fraction of sp³-hybridized carbons (Fsp3) is 0.889. The van der Waals surface area contributed by atoms with Gasteiger partial charge in [0.05, 0.1) is 11.4 Å². The van der Waals surface area contributed by atoms with Gasteiger partial charge in [0.25, 0.3) is 0 Å². The highest BCUT2D eigenvalue weighted by molar-refractivity contribution is 7.99. The summed E-state index contributed by atoms with van der Waals surface area (Å²) in [6, 6.07) is -0.233. The summed E-state index contributed by atoms with van der Waals surface area (Å²) in [4.78, 5) is 13.8. The first-order valence-corrected chi connectivity index (χ1v) is 6.01. The lowest BCUT2D eigenvalue weighted by Gasteiger charge is -2.34. The van der Waals surface area contributed by atoms with Gasteiger partial charge in [0.1, 0.15) is 0 Å². The third kappa shape index (κ3) is 1.83. The summed E-state index contributed by atoms with van der Waals surface area (Å²) in [7, 11) is 0. The molecule has 0 aromatic heterocycles. The van der Waals surface area contributed by atoms with Gasteiger partial charge in [-0.2, -0.15) is 0 Å². The molecule has 2 fully saturated rings. The van der Waals surface area contributed by atoms with Gasteiger partial charge in [-0.15, -0.1) is 11.8 Å². The van der Waals surface area contributed by atoms with Crippen LogP contribution in [0.15, 0.2) is 0 Å². The van der Waals surface area contributed by atoms with Gasteiger partial charge >= 0.3 is 0 Å².